The van der Waals surface area contributed by atoms with Gasteiger partial charge in [-0.2, -0.15) is 4.31 Å². The zero-order valence-electron chi connectivity index (χ0n) is 21.6. The quantitative estimate of drug-likeness (QED) is 0.444. The summed E-state index contributed by atoms with van der Waals surface area (Å²) in [5, 5.41) is 14.4. The highest BCUT2D eigenvalue weighted by Crippen LogP contribution is 2.25. The van der Waals surface area contributed by atoms with Gasteiger partial charge in [0.1, 0.15) is 5.75 Å². The number of hydrogen-bond donors (Lipinski definition) is 2. The maximum atomic E-state index is 13.5. The van der Waals surface area contributed by atoms with Crippen LogP contribution >= 0.6 is 0 Å². The number of nitrogens with zero attached hydrogens (tertiary/aromatic N) is 1. The van der Waals surface area contributed by atoms with Crippen LogP contribution in [0.4, 0.5) is 0 Å². The lowest BCUT2D eigenvalue weighted by Gasteiger charge is -2.32. The van der Waals surface area contributed by atoms with Gasteiger partial charge in [-0.3, -0.25) is 4.79 Å². The van der Waals surface area contributed by atoms with Gasteiger partial charge >= 0.3 is 0 Å². The van der Waals surface area contributed by atoms with Gasteiger partial charge in [0.25, 0.3) is 0 Å². The summed E-state index contributed by atoms with van der Waals surface area (Å²) in [6, 6.07) is 15.3. The molecule has 1 aliphatic rings. The summed E-state index contributed by atoms with van der Waals surface area (Å²) in [5.41, 5.74) is 0.971. The number of rotatable bonds is 12. The van der Waals surface area contributed by atoms with Crippen LogP contribution in [0.5, 0.6) is 5.75 Å². The highest BCUT2D eigenvalue weighted by Gasteiger charge is 2.32. The molecule has 2 N–H and O–H groups in total. The van der Waals surface area contributed by atoms with E-state index in [1.165, 1.54) is 23.5 Å². The predicted molar refractivity (Wildman–Crippen MR) is 141 cm³/mol. The van der Waals surface area contributed by atoms with Gasteiger partial charge in [0, 0.05) is 19.0 Å². The Bertz CT molecular complexity index is 1050. The van der Waals surface area contributed by atoms with E-state index in [9.17, 15) is 18.3 Å². The first-order chi connectivity index (χ1) is 17.2. The summed E-state index contributed by atoms with van der Waals surface area (Å²) in [5.74, 6) is 0.509. The number of nitrogens with one attached hydrogen (secondary N) is 1. The molecule has 8 heteroatoms. The van der Waals surface area contributed by atoms with Crippen molar-refractivity contribution in [2.24, 2.45) is 11.8 Å². The standard InChI is InChI=1S/C28H40N2O5S/c1-21(2)19-30(36(33,34)25-16-14-24(35-3)15-17-25)20-27(31)26(18-22-10-6-4-7-11-22)29-28(32)23-12-8-5-9-13-23/h4,6-7,10-11,14-17,21,23,26-27,31H,5,8-9,12-13,18-20H2,1-3H3,(H,29,32)/t26-,27+/m0/s1. The average molecular weight is 517 g/mol. The molecule has 0 heterocycles. The van der Waals surface area contributed by atoms with Crippen LogP contribution in [0.2, 0.25) is 0 Å². The van der Waals surface area contributed by atoms with E-state index in [0.29, 0.717) is 12.2 Å². The SMILES string of the molecule is COc1ccc(S(=O)(=O)N(CC(C)C)C[C@@H](O)[C@H](Cc2ccccc2)NC(=O)C2CCCCC2)cc1. The number of methoxy groups -OCH3 is 1. The molecule has 0 radical (unpaired) electrons. The van der Waals surface area contributed by atoms with Crippen molar-refractivity contribution in [2.45, 2.75) is 69.4 Å². The molecule has 1 amide bonds. The van der Waals surface area contributed by atoms with Gasteiger partial charge in [0.15, 0.2) is 0 Å². The number of ether oxygens (including phenoxy) is 1. The van der Waals surface area contributed by atoms with Crippen LogP contribution in [0.15, 0.2) is 59.5 Å². The largest absolute Gasteiger partial charge is 0.497 e. The van der Waals surface area contributed by atoms with Crippen LogP contribution < -0.4 is 10.1 Å². The Labute approximate surface area is 215 Å². The molecule has 3 rings (SSSR count). The van der Waals surface area contributed by atoms with E-state index in [0.717, 1.165) is 37.7 Å². The van der Waals surface area contributed by atoms with Gasteiger partial charge in [0.2, 0.25) is 15.9 Å². The Morgan fingerprint density at radius 2 is 1.67 bits per heavy atom. The van der Waals surface area contributed by atoms with Crippen LogP contribution in [0.3, 0.4) is 0 Å². The molecule has 1 saturated carbocycles. The molecular formula is C28H40N2O5S. The molecule has 0 unspecified atom stereocenters. The van der Waals surface area contributed by atoms with E-state index >= 15 is 0 Å². The number of aliphatic hydroxyl groups excluding tert-OH is 1. The summed E-state index contributed by atoms with van der Waals surface area (Å²) in [7, 11) is -2.34. The lowest BCUT2D eigenvalue weighted by Crippen LogP contribution is -2.52. The predicted octanol–water partition coefficient (Wildman–Crippen LogP) is 4.01. The van der Waals surface area contributed by atoms with Crippen LogP contribution in [0.1, 0.15) is 51.5 Å². The van der Waals surface area contributed by atoms with E-state index in [2.05, 4.69) is 5.32 Å². The van der Waals surface area contributed by atoms with E-state index in [1.807, 2.05) is 44.2 Å². The van der Waals surface area contributed by atoms with Gasteiger partial charge < -0.3 is 15.2 Å². The van der Waals surface area contributed by atoms with Crippen LogP contribution in [0, 0.1) is 11.8 Å². The summed E-state index contributed by atoms with van der Waals surface area (Å²) in [6.45, 7) is 4.01. The Kier molecular flexibility index (Phi) is 10.3. The van der Waals surface area contributed by atoms with E-state index < -0.39 is 22.2 Å². The Balaban J connectivity index is 1.83. The second kappa shape index (κ2) is 13.2. The maximum Gasteiger partial charge on any atom is 0.243 e. The van der Waals surface area contributed by atoms with Crippen molar-refractivity contribution in [1.29, 1.82) is 0 Å². The first kappa shape index (κ1) is 28.2. The highest BCUT2D eigenvalue weighted by atomic mass is 32.2. The van der Waals surface area contributed by atoms with Crippen molar-refractivity contribution in [3.05, 3.63) is 60.2 Å². The molecule has 1 aliphatic carbocycles. The van der Waals surface area contributed by atoms with Crippen LogP contribution in [0.25, 0.3) is 0 Å². The minimum Gasteiger partial charge on any atom is -0.497 e. The van der Waals surface area contributed by atoms with E-state index in [-0.39, 0.29) is 35.7 Å². The molecular weight excluding hydrogens is 476 g/mol. The first-order valence-electron chi connectivity index (χ1n) is 12.9. The molecule has 0 aliphatic heterocycles. The fourth-order valence-electron chi connectivity index (χ4n) is 4.73. The molecule has 0 bridgehead atoms. The van der Waals surface area contributed by atoms with Crippen LogP contribution in [-0.2, 0) is 21.2 Å². The number of amides is 1. The third-order valence-corrected chi connectivity index (χ3v) is 8.57. The number of carbonyl (C=O) groups is 1. The Hall–Kier alpha value is -2.42. The van der Waals surface area contributed by atoms with Gasteiger partial charge in [-0.25, -0.2) is 8.42 Å². The van der Waals surface area contributed by atoms with Gasteiger partial charge in [-0.15, -0.1) is 0 Å². The van der Waals surface area contributed by atoms with Gasteiger partial charge in [0.05, 0.1) is 24.2 Å². The van der Waals surface area contributed by atoms with E-state index in [1.54, 1.807) is 12.1 Å². The fraction of sp³-hybridized carbons (Fsp3) is 0.536. The summed E-state index contributed by atoms with van der Waals surface area (Å²) >= 11 is 0. The Morgan fingerprint density at radius 3 is 2.25 bits per heavy atom. The topological polar surface area (TPSA) is 95.9 Å². The van der Waals surface area contributed by atoms with Crippen molar-refractivity contribution >= 4 is 15.9 Å². The lowest BCUT2D eigenvalue weighted by molar-refractivity contribution is -0.127. The van der Waals surface area contributed by atoms with Gasteiger partial charge in [-0.05, 0) is 55.0 Å². The van der Waals surface area contributed by atoms with E-state index in [4.69, 9.17) is 4.74 Å². The number of carbonyl (C=O) groups excluding carboxylic acids is 1. The third kappa shape index (κ3) is 7.79. The Morgan fingerprint density at radius 1 is 1.03 bits per heavy atom. The molecule has 2 aromatic rings. The van der Waals surface area contributed by atoms with Gasteiger partial charge in [-0.1, -0.05) is 63.4 Å². The number of hydrogen-bond acceptors (Lipinski definition) is 5. The van der Waals surface area contributed by atoms with Crippen molar-refractivity contribution in [3.8, 4) is 5.75 Å². The smallest absolute Gasteiger partial charge is 0.243 e. The maximum absolute atomic E-state index is 13.5. The molecule has 198 valence electrons. The molecule has 1 fully saturated rings. The summed E-state index contributed by atoms with van der Waals surface area (Å²) < 4.78 is 33.6. The second-order valence-electron chi connectivity index (χ2n) is 10.1. The van der Waals surface area contributed by atoms with Crippen molar-refractivity contribution in [3.63, 3.8) is 0 Å². The molecule has 2 atom stereocenters. The third-order valence-electron chi connectivity index (χ3n) is 6.72. The monoisotopic (exact) mass is 516 g/mol. The normalized spacial score (nSPS) is 16.6. The zero-order chi connectivity index (χ0) is 26.1. The highest BCUT2D eigenvalue weighted by molar-refractivity contribution is 7.89. The van der Waals surface area contributed by atoms with Crippen molar-refractivity contribution < 1.29 is 23.1 Å². The molecule has 7 nitrogen and oxygen atoms in total. The van der Waals surface area contributed by atoms with Crippen molar-refractivity contribution in [1.82, 2.24) is 9.62 Å². The van der Waals surface area contributed by atoms with Crippen LogP contribution in [-0.4, -0.2) is 56.1 Å². The number of benzene rings is 2. The molecule has 36 heavy (non-hydrogen) atoms. The minimum absolute atomic E-state index is 0.0506. The molecule has 2 aromatic carbocycles. The molecule has 0 saturated heterocycles. The zero-order valence-corrected chi connectivity index (χ0v) is 22.4. The number of sulfonamides is 1. The van der Waals surface area contributed by atoms with Crippen molar-refractivity contribution in [2.75, 3.05) is 20.2 Å². The fourth-order valence-corrected chi connectivity index (χ4v) is 6.35. The number of aliphatic hydroxyl groups is 1. The minimum atomic E-state index is -3.87. The summed E-state index contributed by atoms with van der Waals surface area (Å²) in [6.07, 6.45) is 4.26. The summed E-state index contributed by atoms with van der Waals surface area (Å²) in [4.78, 5) is 13.2. The lowest BCUT2D eigenvalue weighted by atomic mass is 9.88. The molecule has 0 aromatic heterocycles. The molecule has 0 spiro atoms. The first-order valence-corrected chi connectivity index (χ1v) is 14.3. The average Bonchev–Trinajstić information content (AvgIpc) is 2.88. The second-order valence-corrected chi connectivity index (χ2v) is 12.0.